The molecule has 6 heteroatoms. The van der Waals surface area contributed by atoms with Crippen molar-refractivity contribution in [2.75, 3.05) is 25.0 Å². The molecule has 0 saturated carbocycles. The number of aliphatic imine (C=N–C) groups is 1. The van der Waals surface area contributed by atoms with Crippen molar-refractivity contribution in [1.82, 2.24) is 4.90 Å². The van der Waals surface area contributed by atoms with Crippen LogP contribution >= 0.6 is 24.0 Å². The number of halogens is 1. The van der Waals surface area contributed by atoms with E-state index in [-0.39, 0.29) is 30.0 Å². The number of nitrogens with two attached hydrogens (primary N) is 1. The highest BCUT2D eigenvalue weighted by Crippen LogP contribution is 2.22. The van der Waals surface area contributed by atoms with E-state index in [1.165, 1.54) is 5.56 Å². The fourth-order valence-electron chi connectivity index (χ4n) is 2.88. The van der Waals surface area contributed by atoms with Gasteiger partial charge in [0.1, 0.15) is 5.76 Å². The Kier molecular flexibility index (Phi) is 9.72. The van der Waals surface area contributed by atoms with E-state index in [0.29, 0.717) is 18.4 Å². The molecule has 0 aliphatic heterocycles. The van der Waals surface area contributed by atoms with Crippen LogP contribution in [0.5, 0.6) is 0 Å². The van der Waals surface area contributed by atoms with Gasteiger partial charge in [0, 0.05) is 5.69 Å². The standard InChI is InChI=1S/C20H30N4O.HI/c1-5-24(6-2)18(19-11-8-12-25-19)14-22-20(21)23-17-10-7-9-16(13-17)15(3)4;/h7-13,15,18H,5-6,14H2,1-4H3,(H3,21,22,23);1H. The maximum absolute atomic E-state index is 6.11. The molecule has 26 heavy (non-hydrogen) atoms. The highest BCUT2D eigenvalue weighted by Gasteiger charge is 2.20. The van der Waals surface area contributed by atoms with Crippen LogP contribution in [0, 0.1) is 0 Å². The number of furan rings is 1. The third-order valence-electron chi connectivity index (χ3n) is 4.39. The van der Waals surface area contributed by atoms with E-state index in [2.05, 4.69) is 55.0 Å². The Morgan fingerprint density at radius 1 is 1.19 bits per heavy atom. The molecule has 2 aromatic rings. The molecule has 0 fully saturated rings. The lowest BCUT2D eigenvalue weighted by Gasteiger charge is -2.26. The van der Waals surface area contributed by atoms with Crippen molar-refractivity contribution < 1.29 is 4.42 Å². The third-order valence-corrected chi connectivity index (χ3v) is 4.39. The molecule has 1 aromatic heterocycles. The van der Waals surface area contributed by atoms with Crippen molar-refractivity contribution >= 4 is 35.6 Å². The van der Waals surface area contributed by atoms with Gasteiger partial charge >= 0.3 is 0 Å². The number of likely N-dealkylation sites (N-methyl/N-ethyl adjacent to an activating group) is 1. The van der Waals surface area contributed by atoms with Gasteiger partial charge in [-0.05, 0) is 48.8 Å². The highest BCUT2D eigenvalue weighted by atomic mass is 127. The summed E-state index contributed by atoms with van der Waals surface area (Å²) in [7, 11) is 0. The predicted molar refractivity (Wildman–Crippen MR) is 120 cm³/mol. The summed E-state index contributed by atoms with van der Waals surface area (Å²) in [5, 5.41) is 3.19. The monoisotopic (exact) mass is 470 g/mol. The van der Waals surface area contributed by atoms with E-state index < -0.39 is 0 Å². The van der Waals surface area contributed by atoms with Gasteiger partial charge in [-0.25, -0.2) is 0 Å². The summed E-state index contributed by atoms with van der Waals surface area (Å²) < 4.78 is 5.60. The Morgan fingerprint density at radius 2 is 1.92 bits per heavy atom. The van der Waals surface area contributed by atoms with Crippen LogP contribution in [0.25, 0.3) is 0 Å². The lowest BCUT2D eigenvalue weighted by atomic mass is 10.0. The minimum absolute atomic E-state index is 0. The first kappa shape index (κ1) is 22.5. The molecule has 2 rings (SSSR count). The van der Waals surface area contributed by atoms with Gasteiger partial charge in [0.25, 0.3) is 0 Å². The van der Waals surface area contributed by atoms with Gasteiger partial charge in [0.15, 0.2) is 5.96 Å². The Morgan fingerprint density at radius 3 is 2.50 bits per heavy atom. The predicted octanol–water partition coefficient (Wildman–Crippen LogP) is 4.83. The number of rotatable bonds is 8. The van der Waals surface area contributed by atoms with Crippen molar-refractivity contribution in [2.24, 2.45) is 10.7 Å². The molecule has 0 radical (unpaired) electrons. The van der Waals surface area contributed by atoms with Crippen molar-refractivity contribution in [3.8, 4) is 0 Å². The number of guanidine groups is 1. The van der Waals surface area contributed by atoms with Crippen LogP contribution in [0.3, 0.4) is 0 Å². The van der Waals surface area contributed by atoms with Crippen LogP contribution in [0.2, 0.25) is 0 Å². The summed E-state index contributed by atoms with van der Waals surface area (Å²) >= 11 is 0. The second-order valence-corrected chi connectivity index (χ2v) is 6.38. The Balaban J connectivity index is 0.00000338. The van der Waals surface area contributed by atoms with Gasteiger partial charge in [0.2, 0.25) is 0 Å². The van der Waals surface area contributed by atoms with Crippen LogP contribution in [0.15, 0.2) is 52.1 Å². The van der Waals surface area contributed by atoms with Crippen molar-refractivity contribution in [2.45, 2.75) is 39.7 Å². The van der Waals surface area contributed by atoms with E-state index in [4.69, 9.17) is 10.2 Å². The highest BCUT2D eigenvalue weighted by molar-refractivity contribution is 14.0. The second-order valence-electron chi connectivity index (χ2n) is 6.38. The zero-order valence-electron chi connectivity index (χ0n) is 16.1. The van der Waals surface area contributed by atoms with Gasteiger partial charge in [-0.2, -0.15) is 0 Å². The van der Waals surface area contributed by atoms with E-state index in [9.17, 15) is 0 Å². The number of nitrogens with one attached hydrogen (secondary N) is 1. The van der Waals surface area contributed by atoms with Crippen LogP contribution in [0.4, 0.5) is 5.69 Å². The Hall–Kier alpha value is -1.54. The molecule has 0 bridgehead atoms. The summed E-state index contributed by atoms with van der Waals surface area (Å²) in [6.07, 6.45) is 1.70. The van der Waals surface area contributed by atoms with Crippen LogP contribution in [0.1, 0.15) is 51.0 Å². The lowest BCUT2D eigenvalue weighted by Crippen LogP contribution is -2.31. The van der Waals surface area contributed by atoms with E-state index in [1.807, 2.05) is 24.3 Å². The van der Waals surface area contributed by atoms with E-state index >= 15 is 0 Å². The fraction of sp³-hybridized carbons (Fsp3) is 0.450. The average molecular weight is 470 g/mol. The maximum atomic E-state index is 6.11. The smallest absolute Gasteiger partial charge is 0.193 e. The van der Waals surface area contributed by atoms with E-state index in [0.717, 1.165) is 24.5 Å². The van der Waals surface area contributed by atoms with Crippen LogP contribution in [-0.4, -0.2) is 30.5 Å². The molecule has 1 unspecified atom stereocenters. The number of hydrogen-bond donors (Lipinski definition) is 2. The van der Waals surface area contributed by atoms with Crippen LogP contribution in [-0.2, 0) is 0 Å². The summed E-state index contributed by atoms with van der Waals surface area (Å²) in [5.74, 6) is 1.82. The maximum Gasteiger partial charge on any atom is 0.193 e. The van der Waals surface area contributed by atoms with Crippen molar-refractivity contribution in [1.29, 1.82) is 0 Å². The molecule has 0 saturated heterocycles. The molecule has 0 amide bonds. The lowest BCUT2D eigenvalue weighted by molar-refractivity contribution is 0.198. The third kappa shape index (κ3) is 6.32. The summed E-state index contributed by atoms with van der Waals surface area (Å²) in [5.41, 5.74) is 8.34. The molecule has 1 aromatic carbocycles. The summed E-state index contributed by atoms with van der Waals surface area (Å²) in [4.78, 5) is 6.86. The normalized spacial score (nSPS) is 12.9. The number of nitrogens with zero attached hydrogens (tertiary/aromatic N) is 2. The topological polar surface area (TPSA) is 66.8 Å². The van der Waals surface area contributed by atoms with Crippen molar-refractivity contribution in [3.63, 3.8) is 0 Å². The molecule has 144 valence electrons. The van der Waals surface area contributed by atoms with Gasteiger partial charge in [-0.15, -0.1) is 24.0 Å². The first-order valence-corrected chi connectivity index (χ1v) is 8.99. The molecule has 5 nitrogen and oxygen atoms in total. The van der Waals surface area contributed by atoms with Crippen LogP contribution < -0.4 is 11.1 Å². The van der Waals surface area contributed by atoms with Gasteiger partial charge < -0.3 is 15.5 Å². The Labute approximate surface area is 174 Å². The van der Waals surface area contributed by atoms with Gasteiger partial charge in [-0.3, -0.25) is 9.89 Å². The molecule has 1 atom stereocenters. The second kappa shape index (κ2) is 11.2. The zero-order valence-corrected chi connectivity index (χ0v) is 18.4. The largest absolute Gasteiger partial charge is 0.468 e. The number of benzene rings is 1. The molecule has 1 heterocycles. The first-order chi connectivity index (χ1) is 12.0. The minimum Gasteiger partial charge on any atom is -0.468 e. The molecule has 0 spiro atoms. The Bertz CT molecular complexity index is 666. The summed E-state index contributed by atoms with van der Waals surface area (Å²) in [6, 6.07) is 12.3. The summed E-state index contributed by atoms with van der Waals surface area (Å²) in [6.45, 7) is 11.0. The first-order valence-electron chi connectivity index (χ1n) is 8.99. The fourth-order valence-corrected chi connectivity index (χ4v) is 2.88. The number of anilines is 1. The van der Waals surface area contributed by atoms with Gasteiger partial charge in [-0.1, -0.05) is 39.8 Å². The molecular formula is C20H31IN4O. The minimum atomic E-state index is 0. The SMILES string of the molecule is CCN(CC)C(CN=C(N)Nc1cccc(C(C)C)c1)c1ccco1.I. The average Bonchev–Trinajstić information content (AvgIpc) is 3.13. The molecular weight excluding hydrogens is 439 g/mol. The van der Waals surface area contributed by atoms with Crippen molar-refractivity contribution in [3.05, 3.63) is 54.0 Å². The molecule has 0 aliphatic carbocycles. The molecule has 0 aliphatic rings. The number of hydrogen-bond acceptors (Lipinski definition) is 3. The quantitative estimate of drug-likeness (QED) is 0.330. The van der Waals surface area contributed by atoms with Gasteiger partial charge in [0.05, 0.1) is 18.8 Å². The zero-order chi connectivity index (χ0) is 18.2. The van der Waals surface area contributed by atoms with E-state index in [1.54, 1.807) is 6.26 Å². The molecule has 3 N–H and O–H groups in total.